The Kier molecular flexibility index (Phi) is 4.35. The quantitative estimate of drug-likeness (QED) is 0.702. The van der Waals surface area contributed by atoms with Crippen molar-refractivity contribution >= 4 is 49.3 Å². The lowest BCUT2D eigenvalue weighted by Crippen LogP contribution is -2.09. The van der Waals surface area contributed by atoms with E-state index in [2.05, 4.69) is 31.2 Å². The zero-order valence-corrected chi connectivity index (χ0v) is 13.8. The Morgan fingerprint density at radius 1 is 1.27 bits per heavy atom. The molecule has 0 unspecified atom stereocenters. The first-order valence-corrected chi connectivity index (χ1v) is 8.26. The predicted molar refractivity (Wildman–Crippen MR) is 91.3 cm³/mol. The van der Waals surface area contributed by atoms with E-state index in [1.54, 1.807) is 11.3 Å². The summed E-state index contributed by atoms with van der Waals surface area (Å²) >= 11 is 4.98. The Morgan fingerprint density at radius 3 is 2.77 bits per heavy atom. The standard InChI is InChI=1S/C15H12BrN3O2S/c16-10-3-1-9(2-4-10)11-7-22-15-13(11)14(18-8-19-15)17-6-5-12(20)21/h1-4,7-8H,5-6H2,(H,20,21)(H,17,18,19). The summed E-state index contributed by atoms with van der Waals surface area (Å²) in [5, 5.41) is 14.8. The third-order valence-corrected chi connectivity index (χ3v) is 4.57. The molecule has 5 nitrogen and oxygen atoms in total. The monoisotopic (exact) mass is 377 g/mol. The number of hydrogen-bond acceptors (Lipinski definition) is 5. The minimum Gasteiger partial charge on any atom is -0.481 e. The van der Waals surface area contributed by atoms with E-state index in [-0.39, 0.29) is 6.42 Å². The lowest BCUT2D eigenvalue weighted by atomic mass is 10.1. The Bertz CT molecular complexity index is 817. The molecule has 2 aromatic heterocycles. The Balaban J connectivity index is 2.00. The van der Waals surface area contributed by atoms with Gasteiger partial charge in [-0.3, -0.25) is 4.79 Å². The van der Waals surface area contributed by atoms with Gasteiger partial charge in [-0.1, -0.05) is 28.1 Å². The van der Waals surface area contributed by atoms with Crippen molar-refractivity contribution in [1.82, 2.24) is 9.97 Å². The predicted octanol–water partition coefficient (Wildman–Crippen LogP) is 4.01. The number of carboxylic acids is 1. The number of hydrogen-bond donors (Lipinski definition) is 2. The molecule has 0 amide bonds. The fourth-order valence-corrected chi connectivity index (χ4v) is 3.32. The molecule has 7 heteroatoms. The number of carboxylic acid groups (broad SMARTS) is 1. The first-order valence-electron chi connectivity index (χ1n) is 6.59. The molecular weight excluding hydrogens is 366 g/mol. The van der Waals surface area contributed by atoms with Crippen LogP contribution < -0.4 is 5.32 Å². The summed E-state index contributed by atoms with van der Waals surface area (Å²) < 4.78 is 1.02. The highest BCUT2D eigenvalue weighted by Gasteiger charge is 2.13. The normalized spacial score (nSPS) is 10.8. The van der Waals surface area contributed by atoms with Gasteiger partial charge in [-0.05, 0) is 17.7 Å². The Labute approximate surface area is 139 Å². The average molecular weight is 378 g/mol. The largest absolute Gasteiger partial charge is 0.481 e. The van der Waals surface area contributed by atoms with E-state index in [0.717, 1.165) is 25.8 Å². The van der Waals surface area contributed by atoms with E-state index in [0.29, 0.717) is 12.4 Å². The summed E-state index contributed by atoms with van der Waals surface area (Å²) in [6.45, 7) is 0.330. The van der Waals surface area contributed by atoms with Crippen molar-refractivity contribution in [2.75, 3.05) is 11.9 Å². The van der Waals surface area contributed by atoms with E-state index in [9.17, 15) is 4.79 Å². The number of aliphatic carboxylic acids is 1. The van der Waals surface area contributed by atoms with Crippen LogP contribution in [-0.2, 0) is 4.79 Å². The second kappa shape index (κ2) is 6.41. The number of carbonyl (C=O) groups is 1. The van der Waals surface area contributed by atoms with Gasteiger partial charge in [0.25, 0.3) is 0 Å². The summed E-state index contributed by atoms with van der Waals surface area (Å²) in [7, 11) is 0. The molecule has 1 aromatic carbocycles. The topological polar surface area (TPSA) is 75.1 Å². The molecule has 0 fully saturated rings. The molecule has 0 aliphatic heterocycles. The fraction of sp³-hybridized carbons (Fsp3) is 0.133. The number of benzene rings is 1. The highest BCUT2D eigenvalue weighted by molar-refractivity contribution is 9.10. The van der Waals surface area contributed by atoms with Crippen LogP contribution in [-0.4, -0.2) is 27.6 Å². The van der Waals surface area contributed by atoms with Crippen LogP contribution in [0.1, 0.15) is 6.42 Å². The maximum absolute atomic E-state index is 10.6. The highest BCUT2D eigenvalue weighted by atomic mass is 79.9. The molecule has 2 N–H and O–H groups in total. The van der Waals surface area contributed by atoms with Crippen LogP contribution in [0.3, 0.4) is 0 Å². The van der Waals surface area contributed by atoms with Crippen LogP contribution in [0.2, 0.25) is 0 Å². The van der Waals surface area contributed by atoms with Gasteiger partial charge in [-0.15, -0.1) is 11.3 Å². The van der Waals surface area contributed by atoms with Gasteiger partial charge in [-0.2, -0.15) is 0 Å². The SMILES string of the molecule is O=C(O)CCNc1ncnc2scc(-c3ccc(Br)cc3)c12. The van der Waals surface area contributed by atoms with Crippen LogP contribution in [0.5, 0.6) is 0 Å². The maximum atomic E-state index is 10.6. The summed E-state index contributed by atoms with van der Waals surface area (Å²) in [5.41, 5.74) is 2.12. The van der Waals surface area contributed by atoms with Gasteiger partial charge in [0.05, 0.1) is 11.8 Å². The van der Waals surface area contributed by atoms with Crippen LogP contribution in [0.4, 0.5) is 5.82 Å². The number of rotatable bonds is 5. The molecule has 112 valence electrons. The second-order valence-corrected chi connectivity index (χ2v) is 6.40. The summed E-state index contributed by atoms with van der Waals surface area (Å²) in [4.78, 5) is 20.1. The van der Waals surface area contributed by atoms with Gasteiger partial charge in [0, 0.05) is 22.0 Å². The molecule has 0 saturated heterocycles. The van der Waals surface area contributed by atoms with Crippen LogP contribution in [0.15, 0.2) is 40.4 Å². The van der Waals surface area contributed by atoms with Crippen molar-refractivity contribution < 1.29 is 9.90 Å². The summed E-state index contributed by atoms with van der Waals surface area (Å²) in [6, 6.07) is 8.03. The Morgan fingerprint density at radius 2 is 2.05 bits per heavy atom. The second-order valence-electron chi connectivity index (χ2n) is 4.63. The Hall–Kier alpha value is -1.99. The molecular formula is C15H12BrN3O2S. The minimum atomic E-state index is -0.837. The zero-order valence-electron chi connectivity index (χ0n) is 11.4. The van der Waals surface area contributed by atoms with Crippen LogP contribution in [0, 0.1) is 0 Å². The van der Waals surface area contributed by atoms with E-state index in [1.807, 2.05) is 29.6 Å². The molecule has 0 atom stereocenters. The number of aromatic nitrogens is 2. The molecule has 3 rings (SSSR count). The molecule has 0 aliphatic rings. The van der Waals surface area contributed by atoms with Gasteiger partial charge in [0.1, 0.15) is 17.0 Å². The van der Waals surface area contributed by atoms with Gasteiger partial charge in [0.15, 0.2) is 0 Å². The van der Waals surface area contributed by atoms with Crippen LogP contribution in [0.25, 0.3) is 21.3 Å². The first kappa shape index (κ1) is 14.9. The molecule has 3 aromatic rings. The minimum absolute atomic E-state index is 0.0449. The van der Waals surface area contributed by atoms with E-state index >= 15 is 0 Å². The van der Waals surface area contributed by atoms with Crippen molar-refractivity contribution in [3.63, 3.8) is 0 Å². The smallest absolute Gasteiger partial charge is 0.305 e. The van der Waals surface area contributed by atoms with Crippen molar-refractivity contribution in [2.24, 2.45) is 0 Å². The average Bonchev–Trinajstić information content (AvgIpc) is 2.93. The molecule has 0 bridgehead atoms. The number of halogens is 1. The first-order chi connectivity index (χ1) is 10.6. The molecule has 2 heterocycles. The van der Waals surface area contributed by atoms with E-state index in [1.165, 1.54) is 6.33 Å². The van der Waals surface area contributed by atoms with Crippen molar-refractivity contribution in [1.29, 1.82) is 0 Å². The molecule has 0 spiro atoms. The van der Waals surface area contributed by atoms with Crippen molar-refractivity contribution in [3.8, 4) is 11.1 Å². The highest BCUT2D eigenvalue weighted by Crippen LogP contribution is 2.36. The van der Waals surface area contributed by atoms with Gasteiger partial charge >= 0.3 is 5.97 Å². The van der Waals surface area contributed by atoms with E-state index in [4.69, 9.17) is 5.11 Å². The number of fused-ring (bicyclic) bond motifs is 1. The lowest BCUT2D eigenvalue weighted by molar-refractivity contribution is -0.136. The lowest BCUT2D eigenvalue weighted by Gasteiger charge is -2.07. The van der Waals surface area contributed by atoms with Gasteiger partial charge in [0.2, 0.25) is 0 Å². The number of thiophene rings is 1. The fourth-order valence-electron chi connectivity index (χ4n) is 2.14. The third kappa shape index (κ3) is 3.10. The molecule has 0 saturated carbocycles. The van der Waals surface area contributed by atoms with Gasteiger partial charge < -0.3 is 10.4 Å². The summed E-state index contributed by atoms with van der Waals surface area (Å²) in [6.07, 6.45) is 1.54. The number of anilines is 1. The van der Waals surface area contributed by atoms with E-state index < -0.39 is 5.97 Å². The van der Waals surface area contributed by atoms with Gasteiger partial charge in [-0.25, -0.2) is 9.97 Å². The summed E-state index contributed by atoms with van der Waals surface area (Å²) in [5.74, 6) is -0.165. The number of nitrogens with zero attached hydrogens (tertiary/aromatic N) is 2. The van der Waals surface area contributed by atoms with Crippen LogP contribution >= 0.6 is 27.3 Å². The van der Waals surface area contributed by atoms with Crippen molar-refractivity contribution in [2.45, 2.75) is 6.42 Å². The maximum Gasteiger partial charge on any atom is 0.305 e. The number of nitrogens with one attached hydrogen (secondary N) is 1. The molecule has 0 aliphatic carbocycles. The van der Waals surface area contributed by atoms with Crippen molar-refractivity contribution in [3.05, 3.63) is 40.4 Å². The molecule has 0 radical (unpaired) electrons. The third-order valence-electron chi connectivity index (χ3n) is 3.16. The molecule has 22 heavy (non-hydrogen) atoms. The zero-order chi connectivity index (χ0) is 15.5.